The molecular weight excluding hydrogens is 312 g/mol. The lowest BCUT2D eigenvalue weighted by Crippen LogP contribution is -2.51. The van der Waals surface area contributed by atoms with Crippen LogP contribution in [0, 0.1) is 0 Å². The van der Waals surface area contributed by atoms with E-state index in [1.165, 1.54) is 11.3 Å². The fraction of sp³-hybridized carbons (Fsp3) is 0.571. The quantitative estimate of drug-likeness (QED) is 0.779. The molecule has 0 N–H and O–H groups in total. The third kappa shape index (κ3) is 3.01. The minimum Gasteiger partial charge on any atom is -0.368 e. The molecule has 0 radical (unpaired) electrons. The normalized spacial score (nSPS) is 21.3. The van der Waals surface area contributed by atoms with E-state index in [1.54, 1.807) is 0 Å². The Kier molecular flexibility index (Phi) is 4.93. The second-order valence-electron chi connectivity index (χ2n) is 4.83. The summed E-state index contributed by atoms with van der Waals surface area (Å²) < 4.78 is 1.12. The highest BCUT2D eigenvalue weighted by molar-refractivity contribution is 9.10. The molecule has 0 aliphatic carbocycles. The predicted octanol–water partition coefficient (Wildman–Crippen LogP) is 3.72. The first-order chi connectivity index (χ1) is 8.65. The Hall–Kier alpha value is -0.250. The van der Waals surface area contributed by atoms with E-state index in [-0.39, 0.29) is 0 Å². The van der Waals surface area contributed by atoms with Crippen LogP contribution in [0.3, 0.4) is 0 Å². The molecule has 0 aromatic heterocycles. The summed E-state index contributed by atoms with van der Waals surface area (Å²) in [5.41, 5.74) is 2.50. The lowest BCUT2D eigenvalue weighted by Gasteiger charge is -2.41. The second-order valence-corrected chi connectivity index (χ2v) is 6.01. The van der Waals surface area contributed by atoms with Crippen LogP contribution in [0.25, 0.3) is 0 Å². The van der Waals surface area contributed by atoms with Gasteiger partial charge in [0.05, 0.1) is 0 Å². The summed E-state index contributed by atoms with van der Waals surface area (Å²) in [6.45, 7) is 8.96. The van der Waals surface area contributed by atoms with Crippen LogP contribution in [-0.2, 0) is 5.88 Å². The summed E-state index contributed by atoms with van der Waals surface area (Å²) in [5, 5.41) is 0. The fourth-order valence-corrected chi connectivity index (χ4v) is 3.20. The molecule has 4 heteroatoms. The van der Waals surface area contributed by atoms with Gasteiger partial charge in [0.1, 0.15) is 0 Å². The lowest BCUT2D eigenvalue weighted by molar-refractivity contribution is 0.199. The SMILES string of the molecule is CCN1CCN(c2cc(Br)ccc2CCl)CC1C. The predicted molar refractivity (Wildman–Crippen MR) is 82.6 cm³/mol. The molecule has 100 valence electrons. The number of alkyl halides is 1. The summed E-state index contributed by atoms with van der Waals surface area (Å²) in [7, 11) is 0. The van der Waals surface area contributed by atoms with Gasteiger partial charge in [0, 0.05) is 41.7 Å². The molecular formula is C14H20BrClN2. The Morgan fingerprint density at radius 2 is 2.17 bits per heavy atom. The van der Waals surface area contributed by atoms with Crippen LogP contribution in [-0.4, -0.2) is 37.1 Å². The molecule has 1 aliphatic heterocycles. The minimum atomic E-state index is 0.574. The number of hydrogen-bond donors (Lipinski definition) is 0. The third-order valence-corrected chi connectivity index (χ3v) is 4.48. The molecule has 1 aliphatic rings. The molecule has 0 saturated carbocycles. The molecule has 1 heterocycles. The van der Waals surface area contributed by atoms with E-state index in [4.69, 9.17) is 11.6 Å². The molecule has 1 saturated heterocycles. The maximum atomic E-state index is 6.04. The highest BCUT2D eigenvalue weighted by atomic mass is 79.9. The number of hydrogen-bond acceptors (Lipinski definition) is 2. The molecule has 0 amide bonds. The minimum absolute atomic E-state index is 0.574. The van der Waals surface area contributed by atoms with Crippen molar-refractivity contribution in [3.8, 4) is 0 Å². The number of likely N-dealkylation sites (N-methyl/N-ethyl adjacent to an activating group) is 1. The third-order valence-electron chi connectivity index (χ3n) is 3.70. The first-order valence-electron chi connectivity index (χ1n) is 6.49. The van der Waals surface area contributed by atoms with E-state index in [0.29, 0.717) is 11.9 Å². The zero-order chi connectivity index (χ0) is 13.1. The topological polar surface area (TPSA) is 6.48 Å². The average Bonchev–Trinajstić information content (AvgIpc) is 2.38. The van der Waals surface area contributed by atoms with Gasteiger partial charge in [-0.05, 0) is 31.2 Å². The zero-order valence-corrected chi connectivity index (χ0v) is 13.3. The van der Waals surface area contributed by atoms with Gasteiger partial charge in [0.2, 0.25) is 0 Å². The molecule has 18 heavy (non-hydrogen) atoms. The van der Waals surface area contributed by atoms with Crippen molar-refractivity contribution in [2.24, 2.45) is 0 Å². The molecule has 1 aromatic rings. The van der Waals surface area contributed by atoms with E-state index in [1.807, 2.05) is 0 Å². The molecule has 0 spiro atoms. The molecule has 1 unspecified atom stereocenters. The number of benzene rings is 1. The van der Waals surface area contributed by atoms with Gasteiger partial charge < -0.3 is 4.90 Å². The van der Waals surface area contributed by atoms with E-state index < -0.39 is 0 Å². The van der Waals surface area contributed by atoms with Gasteiger partial charge in [-0.1, -0.05) is 28.9 Å². The van der Waals surface area contributed by atoms with Gasteiger partial charge in [-0.25, -0.2) is 0 Å². The van der Waals surface area contributed by atoms with E-state index in [0.717, 1.165) is 30.7 Å². The summed E-state index contributed by atoms with van der Waals surface area (Å²) in [6, 6.07) is 6.97. The Bertz CT molecular complexity index is 411. The molecule has 2 rings (SSSR count). The molecule has 2 nitrogen and oxygen atoms in total. The van der Waals surface area contributed by atoms with Gasteiger partial charge >= 0.3 is 0 Å². The number of anilines is 1. The van der Waals surface area contributed by atoms with E-state index >= 15 is 0 Å². The van der Waals surface area contributed by atoms with Gasteiger partial charge in [0.15, 0.2) is 0 Å². The van der Waals surface area contributed by atoms with Crippen molar-refractivity contribution in [2.45, 2.75) is 25.8 Å². The zero-order valence-electron chi connectivity index (χ0n) is 11.0. The first-order valence-corrected chi connectivity index (χ1v) is 7.81. The van der Waals surface area contributed by atoms with E-state index in [9.17, 15) is 0 Å². The largest absolute Gasteiger partial charge is 0.368 e. The lowest BCUT2D eigenvalue weighted by atomic mass is 10.1. The Balaban J connectivity index is 2.19. The van der Waals surface area contributed by atoms with Crippen molar-refractivity contribution in [1.29, 1.82) is 0 Å². The molecule has 1 atom stereocenters. The van der Waals surface area contributed by atoms with Crippen molar-refractivity contribution in [2.75, 3.05) is 31.1 Å². The van der Waals surface area contributed by atoms with Gasteiger partial charge in [0.25, 0.3) is 0 Å². The summed E-state index contributed by atoms with van der Waals surface area (Å²) in [4.78, 5) is 4.98. The smallest absolute Gasteiger partial charge is 0.0494 e. The number of halogens is 2. The van der Waals surface area contributed by atoms with Crippen LogP contribution in [0.15, 0.2) is 22.7 Å². The van der Waals surface area contributed by atoms with Crippen molar-refractivity contribution >= 4 is 33.2 Å². The number of piperazine rings is 1. The maximum absolute atomic E-state index is 6.04. The van der Waals surface area contributed by atoms with E-state index in [2.05, 4.69) is 57.8 Å². The van der Waals surface area contributed by atoms with Crippen LogP contribution >= 0.6 is 27.5 Å². The molecule has 1 aromatic carbocycles. The Labute approximate surface area is 123 Å². The summed E-state index contributed by atoms with van der Waals surface area (Å²) in [5.74, 6) is 0.574. The van der Waals surface area contributed by atoms with Crippen LogP contribution in [0.5, 0.6) is 0 Å². The Morgan fingerprint density at radius 1 is 1.39 bits per heavy atom. The second kappa shape index (κ2) is 6.27. The van der Waals surface area contributed by atoms with Crippen molar-refractivity contribution < 1.29 is 0 Å². The van der Waals surface area contributed by atoms with Crippen molar-refractivity contribution in [3.05, 3.63) is 28.2 Å². The number of nitrogens with zero attached hydrogens (tertiary/aromatic N) is 2. The van der Waals surface area contributed by atoms with Crippen LogP contribution in [0.1, 0.15) is 19.4 Å². The van der Waals surface area contributed by atoms with Gasteiger partial charge in [-0.3, -0.25) is 4.90 Å². The van der Waals surface area contributed by atoms with Crippen LogP contribution in [0.4, 0.5) is 5.69 Å². The summed E-state index contributed by atoms with van der Waals surface area (Å²) >= 11 is 9.60. The van der Waals surface area contributed by atoms with Crippen LogP contribution < -0.4 is 4.90 Å². The Morgan fingerprint density at radius 3 is 2.78 bits per heavy atom. The number of rotatable bonds is 3. The van der Waals surface area contributed by atoms with Crippen LogP contribution in [0.2, 0.25) is 0 Å². The van der Waals surface area contributed by atoms with Crippen molar-refractivity contribution in [3.63, 3.8) is 0 Å². The maximum Gasteiger partial charge on any atom is 0.0494 e. The molecule has 0 bridgehead atoms. The fourth-order valence-electron chi connectivity index (χ4n) is 2.63. The average molecular weight is 332 g/mol. The van der Waals surface area contributed by atoms with Gasteiger partial charge in [-0.2, -0.15) is 0 Å². The van der Waals surface area contributed by atoms with Gasteiger partial charge in [-0.15, -0.1) is 11.6 Å². The first kappa shape index (κ1) is 14.2. The standard InChI is InChI=1S/C14H20BrClN2/c1-3-17-6-7-18(10-11(17)2)14-8-13(15)5-4-12(14)9-16/h4-5,8,11H,3,6-7,9-10H2,1-2H3. The highest BCUT2D eigenvalue weighted by Gasteiger charge is 2.23. The summed E-state index contributed by atoms with van der Waals surface area (Å²) in [6.07, 6.45) is 0. The monoisotopic (exact) mass is 330 g/mol. The van der Waals surface area contributed by atoms with Crippen molar-refractivity contribution in [1.82, 2.24) is 4.90 Å². The highest BCUT2D eigenvalue weighted by Crippen LogP contribution is 2.28. The molecule has 1 fully saturated rings.